The molecular weight excluding hydrogens is 266 g/mol. The van der Waals surface area contributed by atoms with Crippen LogP contribution in [0.1, 0.15) is 17.4 Å². The van der Waals surface area contributed by atoms with E-state index in [1.54, 1.807) is 18.4 Å². The van der Waals surface area contributed by atoms with E-state index in [-0.39, 0.29) is 0 Å². The number of oxazole rings is 1. The van der Waals surface area contributed by atoms with E-state index in [1.807, 2.05) is 37.3 Å². The number of rotatable bonds is 4. The van der Waals surface area contributed by atoms with Crippen LogP contribution in [0, 0.1) is 18.3 Å². The number of aryl methyl sites for hydroxylation is 1. The van der Waals surface area contributed by atoms with Crippen molar-refractivity contribution in [3.63, 3.8) is 0 Å². The quantitative estimate of drug-likeness (QED) is 0.787. The zero-order valence-corrected chi connectivity index (χ0v) is 11.5. The van der Waals surface area contributed by atoms with Crippen molar-refractivity contribution in [2.45, 2.75) is 13.5 Å². The zero-order chi connectivity index (χ0) is 14.7. The molecule has 2 aromatic heterocycles. The van der Waals surface area contributed by atoms with Gasteiger partial charge in [0.15, 0.2) is 5.89 Å². The Balaban J connectivity index is 1.66. The van der Waals surface area contributed by atoms with E-state index in [4.69, 9.17) is 14.1 Å². The van der Waals surface area contributed by atoms with Crippen LogP contribution in [-0.4, -0.2) is 4.98 Å². The summed E-state index contributed by atoms with van der Waals surface area (Å²) in [6.45, 7) is 2.35. The Hall–Kier alpha value is -3.00. The third kappa shape index (κ3) is 2.95. The lowest BCUT2D eigenvalue weighted by molar-refractivity contribution is 0.506. The van der Waals surface area contributed by atoms with E-state index in [9.17, 15) is 0 Å². The van der Waals surface area contributed by atoms with Gasteiger partial charge in [-0.25, -0.2) is 4.98 Å². The predicted molar refractivity (Wildman–Crippen MR) is 77.4 cm³/mol. The fraction of sp³-hybridized carbons (Fsp3) is 0.125. The molecule has 0 aliphatic heterocycles. The highest BCUT2D eigenvalue weighted by atomic mass is 16.3. The lowest BCUT2D eigenvalue weighted by Gasteiger charge is -2.05. The molecule has 5 heteroatoms. The van der Waals surface area contributed by atoms with Gasteiger partial charge in [-0.15, -0.1) is 0 Å². The molecule has 21 heavy (non-hydrogen) atoms. The molecule has 2 heterocycles. The molecule has 5 nitrogen and oxygen atoms in total. The Morgan fingerprint density at radius 3 is 2.62 bits per heavy atom. The molecule has 0 aliphatic carbocycles. The van der Waals surface area contributed by atoms with Crippen molar-refractivity contribution in [2.75, 3.05) is 5.32 Å². The van der Waals surface area contributed by atoms with E-state index in [0.717, 1.165) is 22.7 Å². The van der Waals surface area contributed by atoms with Crippen LogP contribution in [0.25, 0.3) is 11.3 Å². The van der Waals surface area contributed by atoms with Crippen LogP contribution in [0.15, 0.2) is 51.5 Å². The second-order valence-corrected chi connectivity index (χ2v) is 4.56. The molecule has 104 valence electrons. The minimum atomic E-state index is 0.323. The maximum Gasteiger partial charge on any atom is 0.203 e. The van der Waals surface area contributed by atoms with Gasteiger partial charge in [-0.05, 0) is 24.3 Å². The lowest BCUT2D eigenvalue weighted by atomic mass is 10.1. The number of nitrogens with one attached hydrogen (secondary N) is 1. The number of anilines is 1. The Morgan fingerprint density at radius 2 is 2.00 bits per heavy atom. The van der Waals surface area contributed by atoms with Gasteiger partial charge in [0.25, 0.3) is 0 Å². The molecular formula is C16H13N3O2. The summed E-state index contributed by atoms with van der Waals surface area (Å²) in [4.78, 5) is 4.28. The highest BCUT2D eigenvalue weighted by Gasteiger charge is 2.04. The van der Waals surface area contributed by atoms with Crippen molar-refractivity contribution in [2.24, 2.45) is 0 Å². The van der Waals surface area contributed by atoms with Gasteiger partial charge >= 0.3 is 0 Å². The van der Waals surface area contributed by atoms with E-state index in [1.165, 1.54) is 0 Å². The first-order valence-corrected chi connectivity index (χ1v) is 6.50. The van der Waals surface area contributed by atoms with Crippen molar-refractivity contribution in [1.82, 2.24) is 4.98 Å². The summed E-state index contributed by atoms with van der Waals surface area (Å²) in [5, 5.41) is 11.9. The van der Waals surface area contributed by atoms with Crippen LogP contribution in [0.4, 0.5) is 5.69 Å². The third-order valence-electron chi connectivity index (χ3n) is 3.04. The van der Waals surface area contributed by atoms with Crippen molar-refractivity contribution < 1.29 is 8.83 Å². The number of aromatic nitrogens is 1. The fourth-order valence-corrected chi connectivity index (χ4v) is 1.98. The van der Waals surface area contributed by atoms with Gasteiger partial charge in [0, 0.05) is 18.2 Å². The normalized spacial score (nSPS) is 10.3. The molecule has 0 spiro atoms. The molecule has 0 atom stereocenters. The molecule has 0 unspecified atom stereocenters. The van der Waals surface area contributed by atoms with Crippen molar-refractivity contribution in [3.05, 3.63) is 60.1 Å². The van der Waals surface area contributed by atoms with Crippen molar-refractivity contribution in [3.8, 4) is 17.3 Å². The summed E-state index contributed by atoms with van der Waals surface area (Å²) >= 11 is 0. The maximum atomic E-state index is 8.70. The summed E-state index contributed by atoms with van der Waals surface area (Å²) in [5.41, 5.74) is 2.79. The second-order valence-electron chi connectivity index (χ2n) is 4.56. The lowest BCUT2D eigenvalue weighted by Crippen LogP contribution is -1.97. The average Bonchev–Trinajstić information content (AvgIpc) is 3.14. The van der Waals surface area contributed by atoms with Gasteiger partial charge in [0.2, 0.25) is 5.76 Å². The number of hydrogen-bond acceptors (Lipinski definition) is 5. The largest absolute Gasteiger partial charge is 0.449 e. The van der Waals surface area contributed by atoms with Crippen LogP contribution in [0.2, 0.25) is 0 Å². The van der Waals surface area contributed by atoms with Crippen LogP contribution in [0.3, 0.4) is 0 Å². The highest BCUT2D eigenvalue weighted by Crippen LogP contribution is 2.21. The first-order chi connectivity index (χ1) is 10.2. The molecule has 0 saturated carbocycles. The number of nitrogens with zero attached hydrogens (tertiary/aromatic N) is 2. The maximum absolute atomic E-state index is 8.70. The number of benzene rings is 1. The SMILES string of the molecule is Cc1nc(-c2ccc(NCc3ccc(C#N)o3)cc2)co1. The van der Waals surface area contributed by atoms with E-state index in [0.29, 0.717) is 18.2 Å². The Labute approximate surface area is 121 Å². The second kappa shape index (κ2) is 5.55. The Bertz CT molecular complexity index is 778. The molecule has 0 fully saturated rings. The Morgan fingerprint density at radius 1 is 1.19 bits per heavy atom. The molecule has 3 rings (SSSR count). The molecule has 0 saturated heterocycles. The first-order valence-electron chi connectivity index (χ1n) is 6.50. The average molecular weight is 279 g/mol. The molecule has 0 amide bonds. The number of hydrogen-bond donors (Lipinski definition) is 1. The molecule has 0 aliphatic rings. The van der Waals surface area contributed by atoms with Crippen molar-refractivity contribution >= 4 is 5.69 Å². The first kappa shape index (κ1) is 13.0. The molecule has 0 bridgehead atoms. The minimum Gasteiger partial charge on any atom is -0.449 e. The topological polar surface area (TPSA) is 75.0 Å². The summed E-state index contributed by atoms with van der Waals surface area (Å²) in [6.07, 6.45) is 1.64. The molecule has 1 N–H and O–H groups in total. The van der Waals surface area contributed by atoms with Crippen LogP contribution in [0.5, 0.6) is 0 Å². The standard InChI is InChI=1S/C16H13N3O2/c1-11-19-16(10-20-11)12-2-4-13(5-3-12)18-9-15-7-6-14(8-17)21-15/h2-7,10,18H,9H2,1H3. The fourth-order valence-electron chi connectivity index (χ4n) is 1.98. The highest BCUT2D eigenvalue weighted by molar-refractivity contribution is 5.61. The van der Waals surface area contributed by atoms with Crippen molar-refractivity contribution in [1.29, 1.82) is 5.26 Å². The van der Waals surface area contributed by atoms with Crippen LogP contribution in [-0.2, 0) is 6.54 Å². The monoisotopic (exact) mass is 279 g/mol. The van der Waals surface area contributed by atoms with E-state index in [2.05, 4.69) is 10.3 Å². The summed E-state index contributed by atoms with van der Waals surface area (Å²) in [5.74, 6) is 1.70. The number of nitriles is 1. The van der Waals surface area contributed by atoms with E-state index < -0.39 is 0 Å². The van der Waals surface area contributed by atoms with Gasteiger partial charge < -0.3 is 14.2 Å². The van der Waals surface area contributed by atoms with Gasteiger partial charge in [0.1, 0.15) is 23.8 Å². The summed E-state index contributed by atoms with van der Waals surface area (Å²) < 4.78 is 10.5. The van der Waals surface area contributed by atoms with Gasteiger partial charge in [-0.2, -0.15) is 5.26 Å². The molecule has 0 radical (unpaired) electrons. The number of furan rings is 1. The summed E-state index contributed by atoms with van der Waals surface area (Å²) in [6, 6.07) is 13.3. The Kier molecular flexibility index (Phi) is 3.44. The smallest absolute Gasteiger partial charge is 0.203 e. The third-order valence-corrected chi connectivity index (χ3v) is 3.04. The van der Waals surface area contributed by atoms with Crippen LogP contribution < -0.4 is 5.32 Å². The van der Waals surface area contributed by atoms with Gasteiger partial charge in [0.05, 0.1) is 6.54 Å². The molecule has 1 aromatic carbocycles. The zero-order valence-electron chi connectivity index (χ0n) is 11.5. The summed E-state index contributed by atoms with van der Waals surface area (Å²) in [7, 11) is 0. The molecule has 3 aromatic rings. The van der Waals surface area contributed by atoms with Crippen LogP contribution >= 0.6 is 0 Å². The van der Waals surface area contributed by atoms with E-state index >= 15 is 0 Å². The van der Waals surface area contributed by atoms with Gasteiger partial charge in [-0.1, -0.05) is 12.1 Å². The minimum absolute atomic E-state index is 0.323. The predicted octanol–water partition coefficient (Wildman–Crippen LogP) is 3.73. The van der Waals surface area contributed by atoms with Gasteiger partial charge in [-0.3, -0.25) is 0 Å².